The molecule has 0 aliphatic carbocycles. The Hall–Kier alpha value is -2.22. The number of nitrogens with two attached hydrogens (primary N) is 1. The summed E-state index contributed by atoms with van der Waals surface area (Å²) in [4.78, 5) is 23.2. The summed E-state index contributed by atoms with van der Waals surface area (Å²) in [6.45, 7) is 3.76. The highest BCUT2D eigenvalue weighted by molar-refractivity contribution is 7.99. The highest BCUT2D eigenvalue weighted by Gasteiger charge is 2.14. The van der Waals surface area contributed by atoms with Crippen molar-refractivity contribution < 1.29 is 9.90 Å². The number of nitrogen functional groups attached to an aromatic ring is 1. The molecule has 0 radical (unpaired) electrons. The number of carbonyl (C=O) groups is 1. The Morgan fingerprint density at radius 2 is 2.20 bits per heavy atom. The van der Waals surface area contributed by atoms with E-state index in [2.05, 4.69) is 10.2 Å². The van der Waals surface area contributed by atoms with E-state index in [1.165, 1.54) is 22.4 Å². The summed E-state index contributed by atoms with van der Waals surface area (Å²) in [6.07, 6.45) is 0. The summed E-state index contributed by atoms with van der Waals surface area (Å²) in [5, 5.41) is 15.8. The van der Waals surface area contributed by atoms with Gasteiger partial charge in [-0.15, -0.1) is 5.10 Å². The van der Waals surface area contributed by atoms with Gasteiger partial charge in [-0.2, -0.15) is 0 Å². The fraction of sp³-hybridized carbons (Fsp3) is 0.250. The lowest BCUT2D eigenvalue weighted by Gasteiger charge is -2.09. The summed E-state index contributed by atoms with van der Waals surface area (Å²) in [5.74, 6) is -1.07. The highest BCUT2D eigenvalue weighted by Crippen LogP contribution is 2.29. The molecule has 0 atom stereocenters. The van der Waals surface area contributed by atoms with Gasteiger partial charge < -0.3 is 10.8 Å². The van der Waals surface area contributed by atoms with Gasteiger partial charge in [0.15, 0.2) is 5.16 Å². The molecule has 0 aliphatic heterocycles. The van der Waals surface area contributed by atoms with Gasteiger partial charge in [0.05, 0.1) is 5.56 Å². The molecule has 1 aromatic carbocycles. The van der Waals surface area contributed by atoms with Gasteiger partial charge in [0.25, 0.3) is 0 Å². The summed E-state index contributed by atoms with van der Waals surface area (Å²) in [6, 6.07) is 4.59. The van der Waals surface area contributed by atoms with E-state index in [1.54, 1.807) is 12.1 Å². The van der Waals surface area contributed by atoms with Gasteiger partial charge in [-0.1, -0.05) is 0 Å². The number of hydrogen-bond donors (Lipinski definition) is 3. The molecular formula is C12H14N4O3S. The van der Waals surface area contributed by atoms with Crippen LogP contribution in [0.2, 0.25) is 0 Å². The number of H-pyrrole nitrogens is 1. The molecule has 0 saturated heterocycles. The van der Waals surface area contributed by atoms with Crippen molar-refractivity contribution in [2.24, 2.45) is 0 Å². The van der Waals surface area contributed by atoms with Crippen molar-refractivity contribution in [2.75, 3.05) is 5.73 Å². The first-order chi connectivity index (χ1) is 9.40. The summed E-state index contributed by atoms with van der Waals surface area (Å²) < 4.78 is 1.52. The van der Waals surface area contributed by atoms with Crippen molar-refractivity contribution in [2.45, 2.75) is 29.9 Å². The third-order valence-electron chi connectivity index (χ3n) is 2.65. The predicted molar refractivity (Wildman–Crippen MR) is 75.2 cm³/mol. The fourth-order valence-corrected chi connectivity index (χ4v) is 2.74. The molecule has 0 bridgehead atoms. The number of anilines is 1. The Morgan fingerprint density at radius 1 is 1.50 bits per heavy atom. The van der Waals surface area contributed by atoms with Crippen LogP contribution in [0.1, 0.15) is 30.2 Å². The maximum absolute atomic E-state index is 11.6. The Bertz CT molecular complexity index is 705. The second kappa shape index (κ2) is 5.41. The molecule has 7 nitrogen and oxygen atoms in total. The number of aromatic amines is 1. The Morgan fingerprint density at radius 3 is 2.75 bits per heavy atom. The van der Waals surface area contributed by atoms with Crippen LogP contribution in [-0.4, -0.2) is 25.8 Å². The normalized spacial score (nSPS) is 10.9. The van der Waals surface area contributed by atoms with Gasteiger partial charge in [0.2, 0.25) is 0 Å². The largest absolute Gasteiger partial charge is 0.478 e. The molecule has 0 aliphatic rings. The zero-order chi connectivity index (χ0) is 14.9. The zero-order valence-corrected chi connectivity index (χ0v) is 11.8. The maximum atomic E-state index is 11.6. The van der Waals surface area contributed by atoms with Crippen molar-refractivity contribution in [3.63, 3.8) is 0 Å². The first-order valence-corrected chi connectivity index (χ1v) is 6.69. The van der Waals surface area contributed by atoms with Crippen LogP contribution >= 0.6 is 11.8 Å². The van der Waals surface area contributed by atoms with E-state index in [4.69, 9.17) is 10.8 Å². The van der Waals surface area contributed by atoms with Crippen LogP contribution in [0.5, 0.6) is 0 Å². The number of hydrogen-bond acceptors (Lipinski definition) is 5. The summed E-state index contributed by atoms with van der Waals surface area (Å²) in [7, 11) is 0. The van der Waals surface area contributed by atoms with Crippen LogP contribution in [0.25, 0.3) is 0 Å². The molecule has 0 spiro atoms. The maximum Gasteiger partial charge on any atom is 0.344 e. The standard InChI is InChI=1S/C12H14N4O3S/c1-6(2)16-11(19)14-15-12(16)20-7-3-4-8(10(17)18)9(13)5-7/h3-6H,13H2,1-2H3,(H,14,19)(H,17,18). The number of benzene rings is 1. The molecule has 106 valence electrons. The van der Waals surface area contributed by atoms with Crippen LogP contribution in [0.3, 0.4) is 0 Å². The quantitative estimate of drug-likeness (QED) is 0.738. The highest BCUT2D eigenvalue weighted by atomic mass is 32.2. The monoisotopic (exact) mass is 294 g/mol. The van der Waals surface area contributed by atoms with Crippen LogP contribution in [0.4, 0.5) is 5.69 Å². The molecule has 1 aromatic heterocycles. The fourth-order valence-electron chi connectivity index (χ4n) is 1.72. The van der Waals surface area contributed by atoms with Gasteiger partial charge in [-0.3, -0.25) is 4.57 Å². The first kappa shape index (κ1) is 14.2. The molecule has 8 heteroatoms. The van der Waals surface area contributed by atoms with E-state index < -0.39 is 5.97 Å². The number of nitrogens with one attached hydrogen (secondary N) is 1. The molecule has 2 aromatic rings. The Balaban J connectivity index is 2.34. The minimum atomic E-state index is -1.07. The van der Waals surface area contributed by atoms with Gasteiger partial charge in [-0.25, -0.2) is 14.7 Å². The number of carboxylic acid groups (broad SMARTS) is 1. The van der Waals surface area contributed by atoms with Gasteiger partial charge in [-0.05, 0) is 43.8 Å². The Kier molecular flexibility index (Phi) is 3.84. The number of aromatic nitrogens is 3. The number of nitrogens with zero attached hydrogens (tertiary/aromatic N) is 2. The van der Waals surface area contributed by atoms with Gasteiger partial charge in [0.1, 0.15) is 0 Å². The smallest absolute Gasteiger partial charge is 0.344 e. The van der Waals surface area contributed by atoms with Crippen LogP contribution in [-0.2, 0) is 0 Å². The lowest BCUT2D eigenvalue weighted by atomic mass is 10.2. The molecule has 1 heterocycles. The average molecular weight is 294 g/mol. The zero-order valence-electron chi connectivity index (χ0n) is 11.0. The summed E-state index contributed by atoms with van der Waals surface area (Å²) in [5.41, 5.74) is 5.64. The van der Waals surface area contributed by atoms with Gasteiger partial charge >= 0.3 is 11.7 Å². The molecule has 2 rings (SSSR count). The summed E-state index contributed by atoms with van der Waals surface area (Å²) >= 11 is 1.25. The number of rotatable bonds is 4. The van der Waals surface area contributed by atoms with E-state index in [-0.39, 0.29) is 23.0 Å². The molecule has 0 fully saturated rings. The van der Waals surface area contributed by atoms with Crippen molar-refractivity contribution in [3.8, 4) is 0 Å². The van der Waals surface area contributed by atoms with E-state index in [9.17, 15) is 9.59 Å². The Labute approximate surface area is 118 Å². The average Bonchev–Trinajstić information content (AvgIpc) is 2.70. The first-order valence-electron chi connectivity index (χ1n) is 5.87. The van der Waals surface area contributed by atoms with E-state index in [0.29, 0.717) is 10.1 Å². The minimum Gasteiger partial charge on any atom is -0.478 e. The topological polar surface area (TPSA) is 114 Å². The lowest BCUT2D eigenvalue weighted by molar-refractivity contribution is 0.0698. The SMILES string of the molecule is CC(C)n1c(Sc2ccc(C(=O)O)c(N)c2)n[nH]c1=O. The number of aromatic carboxylic acids is 1. The molecular weight excluding hydrogens is 280 g/mol. The van der Waals surface area contributed by atoms with Crippen molar-refractivity contribution >= 4 is 23.4 Å². The van der Waals surface area contributed by atoms with Gasteiger partial charge in [0, 0.05) is 16.6 Å². The van der Waals surface area contributed by atoms with E-state index in [1.807, 2.05) is 13.8 Å². The second-order valence-electron chi connectivity index (χ2n) is 4.43. The van der Waals surface area contributed by atoms with Crippen LogP contribution < -0.4 is 11.4 Å². The lowest BCUT2D eigenvalue weighted by Crippen LogP contribution is -2.19. The molecule has 0 saturated carbocycles. The van der Waals surface area contributed by atoms with Crippen LogP contribution in [0.15, 0.2) is 33.0 Å². The van der Waals surface area contributed by atoms with E-state index >= 15 is 0 Å². The second-order valence-corrected chi connectivity index (χ2v) is 5.47. The third kappa shape index (κ3) is 2.69. The molecule has 4 N–H and O–H groups in total. The predicted octanol–water partition coefficient (Wildman–Crippen LogP) is 1.58. The van der Waals surface area contributed by atoms with E-state index in [0.717, 1.165) is 0 Å². The van der Waals surface area contributed by atoms with Crippen molar-refractivity contribution in [1.82, 2.24) is 14.8 Å². The number of carboxylic acids is 1. The van der Waals surface area contributed by atoms with Crippen molar-refractivity contribution in [1.29, 1.82) is 0 Å². The molecule has 0 unspecified atom stereocenters. The van der Waals surface area contributed by atoms with Crippen LogP contribution in [0, 0.1) is 0 Å². The molecule has 0 amide bonds. The molecule has 20 heavy (non-hydrogen) atoms. The third-order valence-corrected chi connectivity index (χ3v) is 3.61. The van der Waals surface area contributed by atoms with Crippen molar-refractivity contribution in [3.05, 3.63) is 34.2 Å². The minimum absolute atomic E-state index is 0.0283.